The van der Waals surface area contributed by atoms with Gasteiger partial charge in [-0.3, -0.25) is 0 Å². The maximum absolute atomic E-state index is 14.2. The molecule has 0 radical (unpaired) electrons. The van der Waals surface area contributed by atoms with Gasteiger partial charge in [0, 0.05) is 23.3 Å². The van der Waals surface area contributed by atoms with Crippen molar-refractivity contribution in [1.82, 2.24) is 0 Å². The number of rotatable bonds is 6. The first kappa shape index (κ1) is 29.2. The van der Waals surface area contributed by atoms with Gasteiger partial charge in [0.1, 0.15) is 5.75 Å². The van der Waals surface area contributed by atoms with Crippen molar-refractivity contribution >= 4 is 76.1 Å². The third kappa shape index (κ3) is 4.15. The van der Waals surface area contributed by atoms with Gasteiger partial charge in [-0.25, -0.2) is 0 Å². The first-order valence-corrected chi connectivity index (χ1v) is 17.7. The Bertz CT molecular complexity index is 1930. The third-order valence-corrected chi connectivity index (χ3v) is 11.6. The van der Waals surface area contributed by atoms with Crippen molar-refractivity contribution < 1.29 is 33.9 Å². The Balaban J connectivity index is 1.09. The molecule has 2 heterocycles. The normalized spacial score (nSPS) is 26.8. The summed E-state index contributed by atoms with van der Waals surface area (Å²) in [6.07, 6.45) is 1.26. The van der Waals surface area contributed by atoms with Gasteiger partial charge in [0.15, 0.2) is 0 Å². The maximum atomic E-state index is 14.2. The SMILES string of the molecule is O=C(N1C[C@@H](CCl)c2c1cc(O)c1ccccc21)C12CC(C(=O)N3C[C@@H](CCl)c4c3cc(O[PH](O)(O)O)c3ccccc43)(C1)C2. The molecule has 2 aliphatic heterocycles. The molecule has 0 saturated heterocycles. The molecule has 5 aliphatic rings. The van der Waals surface area contributed by atoms with Crippen molar-refractivity contribution in [3.63, 3.8) is 0 Å². The number of hydrogen-bond donors (Lipinski definition) is 4. The van der Waals surface area contributed by atoms with E-state index in [1.807, 2.05) is 36.4 Å². The van der Waals surface area contributed by atoms with Crippen LogP contribution >= 0.6 is 31.4 Å². The number of benzene rings is 4. The Hall–Kier alpha value is -3.17. The summed E-state index contributed by atoms with van der Waals surface area (Å²) in [5.74, 6) is 0.410. The Morgan fingerprint density at radius 2 is 1.20 bits per heavy atom. The molecule has 45 heavy (non-hydrogen) atoms. The molecule has 4 aromatic rings. The van der Waals surface area contributed by atoms with E-state index in [9.17, 15) is 29.4 Å². The molecule has 0 unspecified atom stereocenters. The molecule has 3 aliphatic carbocycles. The zero-order chi connectivity index (χ0) is 31.5. The number of phenols is 1. The minimum atomic E-state index is -4.93. The summed E-state index contributed by atoms with van der Waals surface area (Å²) < 4.78 is 5.22. The molecule has 3 saturated carbocycles. The van der Waals surface area contributed by atoms with Crippen molar-refractivity contribution in [2.24, 2.45) is 10.8 Å². The van der Waals surface area contributed by atoms with Crippen LogP contribution in [-0.4, -0.2) is 56.5 Å². The quantitative estimate of drug-likeness (QED) is 0.154. The van der Waals surface area contributed by atoms with E-state index in [-0.39, 0.29) is 41.0 Å². The van der Waals surface area contributed by atoms with E-state index < -0.39 is 19.0 Å². The molecule has 2 atom stereocenters. The summed E-state index contributed by atoms with van der Waals surface area (Å²) in [4.78, 5) is 61.0. The number of amides is 2. The summed E-state index contributed by atoms with van der Waals surface area (Å²) in [6.45, 7) is 0.767. The molecule has 0 spiro atoms. The van der Waals surface area contributed by atoms with E-state index in [2.05, 4.69) is 0 Å². The minimum absolute atomic E-state index is 0.0435. The van der Waals surface area contributed by atoms with Gasteiger partial charge in [-0.15, -0.1) is 11.6 Å². The van der Waals surface area contributed by atoms with Crippen LogP contribution in [-0.2, 0) is 9.59 Å². The summed E-state index contributed by atoms with van der Waals surface area (Å²) in [6, 6.07) is 18.1. The van der Waals surface area contributed by atoms with Crippen LogP contribution in [0, 0.1) is 10.8 Å². The van der Waals surface area contributed by atoms with Gasteiger partial charge in [-0.2, -0.15) is 0 Å². The van der Waals surface area contributed by atoms with E-state index in [0.717, 1.165) is 27.3 Å². The molecule has 3 fully saturated rings. The summed E-state index contributed by atoms with van der Waals surface area (Å²) in [5, 5.41) is 13.7. The van der Waals surface area contributed by atoms with Crippen molar-refractivity contribution in [2.75, 3.05) is 34.6 Å². The molecule has 0 aromatic heterocycles. The van der Waals surface area contributed by atoms with Crippen LogP contribution in [0.1, 0.15) is 42.2 Å². The molecule has 9 rings (SSSR count). The van der Waals surface area contributed by atoms with Crippen LogP contribution in [0.4, 0.5) is 11.4 Å². The van der Waals surface area contributed by atoms with Crippen molar-refractivity contribution in [3.05, 3.63) is 71.8 Å². The summed E-state index contributed by atoms with van der Waals surface area (Å²) in [7, 11) is -4.93. The Morgan fingerprint density at radius 1 is 0.756 bits per heavy atom. The molecule has 234 valence electrons. The molecule has 4 aromatic carbocycles. The van der Waals surface area contributed by atoms with Gasteiger partial charge in [0.2, 0.25) is 0 Å². The molecule has 2 bridgehead atoms. The van der Waals surface area contributed by atoms with E-state index in [1.165, 1.54) is 0 Å². The average Bonchev–Trinajstić information content (AvgIpc) is 3.53. The molecule has 4 N–H and O–H groups in total. The fourth-order valence-corrected chi connectivity index (χ4v) is 9.49. The van der Waals surface area contributed by atoms with Gasteiger partial charge >= 0.3 is 189 Å². The first-order chi connectivity index (χ1) is 21.5. The van der Waals surface area contributed by atoms with E-state index in [0.29, 0.717) is 55.0 Å². The van der Waals surface area contributed by atoms with Gasteiger partial charge in [0.25, 0.3) is 0 Å². The average molecular weight is 669 g/mol. The fourth-order valence-electron chi connectivity index (χ4n) is 8.52. The number of halogens is 2. The standard InChI is InChI=1S/C33H31Cl2N2O7P/c34-11-18-13-36(24-9-26(38)20-5-1-3-7-22(20)28(18)24)30(39)32-15-33(16-32,17-32)31(40)37-14-19(12-35)29-23-8-4-2-6-21(23)27(10-25(29)37)44-45(41,42)43/h1-10,18-19,38,41-43,45H,11-17H2/t18-,19-,32?,33?/m1/s1. The molecular formula is C33H31Cl2N2O7P. The Morgan fingerprint density at radius 3 is 1.69 bits per heavy atom. The number of nitrogens with zero attached hydrogens (tertiary/aromatic N) is 2. The zero-order valence-corrected chi connectivity index (χ0v) is 26.6. The second-order valence-corrected chi connectivity index (χ2v) is 15.0. The molecule has 2 amide bonds. The second kappa shape index (κ2) is 9.91. The van der Waals surface area contributed by atoms with Crippen molar-refractivity contribution in [3.8, 4) is 11.5 Å². The number of aromatic hydroxyl groups is 1. The Labute approximate surface area is 269 Å². The predicted molar refractivity (Wildman–Crippen MR) is 176 cm³/mol. The van der Waals surface area contributed by atoms with E-state index in [4.69, 9.17) is 27.7 Å². The van der Waals surface area contributed by atoms with Gasteiger partial charge in [-0.05, 0) is 10.9 Å². The van der Waals surface area contributed by atoms with Gasteiger partial charge in [0.05, 0.1) is 0 Å². The van der Waals surface area contributed by atoms with E-state index >= 15 is 0 Å². The number of alkyl halides is 2. The van der Waals surface area contributed by atoms with E-state index in [1.54, 1.807) is 34.1 Å². The van der Waals surface area contributed by atoms with Gasteiger partial charge < -0.3 is 5.11 Å². The van der Waals surface area contributed by atoms with Gasteiger partial charge in [-0.1, -0.05) is 24.3 Å². The number of carbonyl (C=O) groups excluding carboxylic acids is 2. The van der Waals surface area contributed by atoms with Crippen LogP contribution in [0.15, 0.2) is 60.7 Å². The monoisotopic (exact) mass is 668 g/mol. The van der Waals surface area contributed by atoms with Crippen molar-refractivity contribution in [1.29, 1.82) is 0 Å². The van der Waals surface area contributed by atoms with Crippen LogP contribution in [0.25, 0.3) is 21.5 Å². The van der Waals surface area contributed by atoms with Crippen LogP contribution in [0.3, 0.4) is 0 Å². The fraction of sp³-hybridized carbons (Fsp3) is 0.333. The predicted octanol–water partition coefficient (Wildman–Crippen LogP) is 5.67. The molecule has 12 heteroatoms. The number of carbonyl (C=O) groups is 2. The number of phenolic OH excluding ortho intramolecular Hbond substituents is 1. The topological polar surface area (TPSA) is 131 Å². The Kier molecular flexibility index (Phi) is 6.44. The first-order valence-electron chi connectivity index (χ1n) is 14.9. The van der Waals surface area contributed by atoms with Crippen LogP contribution < -0.4 is 14.3 Å². The summed E-state index contributed by atoms with van der Waals surface area (Å²) >= 11 is 12.8. The van der Waals surface area contributed by atoms with Crippen LogP contribution in [0.2, 0.25) is 0 Å². The third-order valence-electron chi connectivity index (χ3n) is 10.3. The number of anilines is 2. The molecular weight excluding hydrogens is 638 g/mol. The second-order valence-electron chi connectivity index (χ2n) is 13.0. The zero-order valence-electron chi connectivity index (χ0n) is 24.0. The van der Waals surface area contributed by atoms with Crippen LogP contribution in [0.5, 0.6) is 11.5 Å². The molecule has 9 nitrogen and oxygen atoms in total. The van der Waals surface area contributed by atoms with Crippen molar-refractivity contribution in [2.45, 2.75) is 31.1 Å². The number of hydrogen-bond acceptors (Lipinski definition) is 7. The number of fused-ring (bicyclic) bond motifs is 6. The summed E-state index contributed by atoms with van der Waals surface area (Å²) in [5.41, 5.74) is 1.73.